The molecule has 5 nitrogen and oxygen atoms in total. The Morgan fingerprint density at radius 2 is 2.24 bits per heavy atom. The first-order valence-electron chi connectivity index (χ1n) is 6.38. The van der Waals surface area contributed by atoms with Crippen LogP contribution in [-0.2, 0) is 16.6 Å². The molecule has 0 saturated heterocycles. The second-order valence-electron chi connectivity index (χ2n) is 4.41. The van der Waals surface area contributed by atoms with Crippen molar-refractivity contribution in [1.82, 2.24) is 9.71 Å². The van der Waals surface area contributed by atoms with Gasteiger partial charge in [0.1, 0.15) is 5.01 Å². The van der Waals surface area contributed by atoms with Crippen molar-refractivity contribution in [2.75, 3.05) is 0 Å². The van der Waals surface area contributed by atoms with Crippen LogP contribution in [0, 0.1) is 0 Å². The summed E-state index contributed by atoms with van der Waals surface area (Å²) in [7, 11) is -3.64. The van der Waals surface area contributed by atoms with E-state index in [1.165, 1.54) is 23.5 Å². The molecule has 0 aliphatic rings. The summed E-state index contributed by atoms with van der Waals surface area (Å²) in [6, 6.07) is 4.17. The molecule has 8 heteroatoms. The van der Waals surface area contributed by atoms with Crippen molar-refractivity contribution in [2.24, 2.45) is 5.73 Å². The van der Waals surface area contributed by atoms with E-state index in [-0.39, 0.29) is 17.5 Å². The van der Waals surface area contributed by atoms with Gasteiger partial charge >= 0.3 is 0 Å². The van der Waals surface area contributed by atoms with Gasteiger partial charge in [-0.1, -0.05) is 18.5 Å². The van der Waals surface area contributed by atoms with Gasteiger partial charge in [0.25, 0.3) is 0 Å². The zero-order valence-corrected chi connectivity index (χ0v) is 13.8. The van der Waals surface area contributed by atoms with Gasteiger partial charge in [-0.05, 0) is 30.2 Å². The van der Waals surface area contributed by atoms with Crippen molar-refractivity contribution in [3.05, 3.63) is 45.4 Å². The number of halogens is 1. The first-order chi connectivity index (χ1) is 9.97. The van der Waals surface area contributed by atoms with E-state index in [0.717, 1.165) is 5.01 Å². The van der Waals surface area contributed by atoms with Crippen LogP contribution in [0.2, 0.25) is 5.02 Å². The number of nitrogens with zero attached hydrogens (tertiary/aromatic N) is 1. The molecular formula is C13H16ClN3O2S2. The Kier molecular flexibility index (Phi) is 5.34. The van der Waals surface area contributed by atoms with E-state index in [9.17, 15) is 8.42 Å². The molecule has 21 heavy (non-hydrogen) atoms. The lowest BCUT2D eigenvalue weighted by Crippen LogP contribution is -2.28. The first kappa shape index (κ1) is 16.4. The van der Waals surface area contributed by atoms with Crippen LogP contribution in [0.15, 0.2) is 34.7 Å². The highest BCUT2D eigenvalue weighted by Gasteiger charge is 2.22. The number of aromatic nitrogens is 1. The number of rotatable bonds is 6. The van der Waals surface area contributed by atoms with E-state index < -0.39 is 10.0 Å². The van der Waals surface area contributed by atoms with Gasteiger partial charge in [-0.15, -0.1) is 11.3 Å². The van der Waals surface area contributed by atoms with Crippen LogP contribution >= 0.6 is 22.9 Å². The Morgan fingerprint density at radius 3 is 2.81 bits per heavy atom. The van der Waals surface area contributed by atoms with E-state index in [4.69, 9.17) is 17.3 Å². The van der Waals surface area contributed by atoms with Crippen LogP contribution < -0.4 is 10.5 Å². The maximum atomic E-state index is 12.5. The molecule has 1 heterocycles. The Labute approximate surface area is 133 Å². The third-order valence-electron chi connectivity index (χ3n) is 3.00. The summed E-state index contributed by atoms with van der Waals surface area (Å²) in [5, 5.41) is 3.03. The highest BCUT2D eigenvalue weighted by molar-refractivity contribution is 7.89. The molecule has 0 saturated carbocycles. The summed E-state index contributed by atoms with van der Waals surface area (Å²) in [6.07, 6.45) is 2.27. The minimum Gasteiger partial charge on any atom is -0.326 e. The Bertz CT molecular complexity index is 702. The molecule has 0 spiro atoms. The molecule has 0 aliphatic heterocycles. The monoisotopic (exact) mass is 345 g/mol. The van der Waals surface area contributed by atoms with E-state index >= 15 is 0 Å². The third kappa shape index (κ3) is 3.81. The minimum absolute atomic E-state index is 0.155. The van der Waals surface area contributed by atoms with Gasteiger partial charge in [0, 0.05) is 23.1 Å². The van der Waals surface area contributed by atoms with Crippen LogP contribution in [0.25, 0.3) is 0 Å². The molecular weight excluding hydrogens is 330 g/mol. The fourth-order valence-corrected chi connectivity index (χ4v) is 4.22. The fourth-order valence-electron chi connectivity index (χ4n) is 1.84. The lowest BCUT2D eigenvalue weighted by molar-refractivity contribution is 0.549. The van der Waals surface area contributed by atoms with Crippen molar-refractivity contribution in [3.63, 3.8) is 0 Å². The summed E-state index contributed by atoms with van der Waals surface area (Å²) in [6.45, 7) is 2.09. The molecule has 0 radical (unpaired) electrons. The Hall–Kier alpha value is -0.990. The lowest BCUT2D eigenvalue weighted by Gasteiger charge is -2.15. The van der Waals surface area contributed by atoms with Crippen molar-refractivity contribution in [1.29, 1.82) is 0 Å². The topological polar surface area (TPSA) is 85.1 Å². The quantitative estimate of drug-likeness (QED) is 0.842. The molecule has 1 atom stereocenters. The number of thiazole rings is 1. The zero-order valence-electron chi connectivity index (χ0n) is 11.4. The van der Waals surface area contributed by atoms with Gasteiger partial charge in [0.15, 0.2) is 0 Å². The maximum Gasteiger partial charge on any atom is 0.241 e. The number of nitrogens with two attached hydrogens (primary N) is 1. The van der Waals surface area contributed by atoms with Gasteiger partial charge in [0.05, 0.1) is 10.9 Å². The van der Waals surface area contributed by atoms with E-state index in [2.05, 4.69) is 9.71 Å². The number of sulfonamides is 1. The molecule has 2 rings (SSSR count). The van der Waals surface area contributed by atoms with Gasteiger partial charge < -0.3 is 5.73 Å². The molecule has 1 unspecified atom stereocenters. The summed E-state index contributed by atoms with van der Waals surface area (Å²) in [5.74, 6) is 0. The summed E-state index contributed by atoms with van der Waals surface area (Å²) < 4.78 is 27.6. The average Bonchev–Trinajstić information content (AvgIpc) is 2.99. The van der Waals surface area contributed by atoms with Crippen molar-refractivity contribution in [2.45, 2.75) is 30.8 Å². The van der Waals surface area contributed by atoms with E-state index in [1.54, 1.807) is 12.3 Å². The molecule has 114 valence electrons. The van der Waals surface area contributed by atoms with Crippen LogP contribution in [-0.4, -0.2) is 13.4 Å². The lowest BCUT2D eigenvalue weighted by atomic mass is 10.2. The average molecular weight is 346 g/mol. The van der Waals surface area contributed by atoms with Crippen molar-refractivity contribution < 1.29 is 8.42 Å². The minimum atomic E-state index is -3.64. The molecule has 0 amide bonds. The fraction of sp³-hybridized carbons (Fsp3) is 0.308. The van der Waals surface area contributed by atoms with Crippen LogP contribution in [0.3, 0.4) is 0 Å². The van der Waals surface area contributed by atoms with E-state index in [0.29, 0.717) is 17.0 Å². The predicted octanol–water partition coefficient (Wildman–Crippen LogP) is 2.68. The molecule has 1 aromatic heterocycles. The summed E-state index contributed by atoms with van der Waals surface area (Å²) in [4.78, 5) is 4.32. The Balaban J connectivity index is 2.29. The van der Waals surface area contributed by atoms with Crippen LogP contribution in [0.4, 0.5) is 0 Å². The molecule has 0 aliphatic carbocycles. The smallest absolute Gasteiger partial charge is 0.241 e. The van der Waals surface area contributed by atoms with Gasteiger partial charge in [0.2, 0.25) is 10.0 Å². The molecule has 1 aromatic carbocycles. The highest BCUT2D eigenvalue weighted by Crippen LogP contribution is 2.24. The van der Waals surface area contributed by atoms with Crippen LogP contribution in [0.1, 0.15) is 30.0 Å². The largest absolute Gasteiger partial charge is 0.326 e. The number of benzene rings is 1. The normalized spacial score (nSPS) is 13.3. The van der Waals surface area contributed by atoms with Gasteiger partial charge in [-0.3, -0.25) is 0 Å². The second kappa shape index (κ2) is 6.85. The molecule has 3 N–H and O–H groups in total. The zero-order chi connectivity index (χ0) is 15.5. The Morgan fingerprint density at radius 1 is 1.48 bits per heavy atom. The first-order valence-corrected chi connectivity index (χ1v) is 9.12. The van der Waals surface area contributed by atoms with E-state index in [1.807, 2.05) is 12.3 Å². The summed E-state index contributed by atoms with van der Waals surface area (Å²) in [5.41, 5.74) is 6.16. The van der Waals surface area contributed by atoms with Crippen molar-refractivity contribution in [3.8, 4) is 0 Å². The van der Waals surface area contributed by atoms with Crippen LogP contribution in [0.5, 0.6) is 0 Å². The molecule has 2 aromatic rings. The predicted molar refractivity (Wildman–Crippen MR) is 84.8 cm³/mol. The molecule has 0 fully saturated rings. The number of nitrogens with one attached hydrogen (secondary N) is 1. The maximum absolute atomic E-state index is 12.5. The number of hydrogen-bond acceptors (Lipinski definition) is 5. The summed E-state index contributed by atoms with van der Waals surface area (Å²) >= 11 is 7.38. The van der Waals surface area contributed by atoms with Gasteiger partial charge in [-0.25, -0.2) is 18.1 Å². The molecule has 0 bridgehead atoms. The van der Waals surface area contributed by atoms with Gasteiger partial charge in [-0.2, -0.15) is 0 Å². The second-order valence-corrected chi connectivity index (χ2v) is 7.46. The highest BCUT2D eigenvalue weighted by atomic mass is 35.5. The standard InChI is InChI=1S/C13H16ClN3O2S2/c1-2-12(13-16-5-6-20-13)17-21(18,19)10-3-4-11(14)9(7-10)8-15/h3-7,12,17H,2,8,15H2,1H3. The number of hydrogen-bond donors (Lipinski definition) is 2. The van der Waals surface area contributed by atoms with Crippen molar-refractivity contribution >= 4 is 33.0 Å². The SMILES string of the molecule is CCC(NS(=O)(=O)c1ccc(Cl)c(CN)c1)c1nccs1. The third-order valence-corrected chi connectivity index (χ3v) is 5.73.